The molecule has 0 amide bonds. The number of imidazole rings is 1. The van der Waals surface area contributed by atoms with Gasteiger partial charge in [0.15, 0.2) is 5.82 Å². The first kappa shape index (κ1) is 6.82. The monoisotopic (exact) mass is 163 g/mol. The van der Waals surface area contributed by atoms with E-state index in [0.717, 1.165) is 5.76 Å². The highest BCUT2D eigenvalue weighted by atomic mass is 16.4. The molecule has 0 fully saturated rings. The molecule has 0 atom stereocenters. The van der Waals surface area contributed by atoms with Crippen molar-refractivity contribution < 1.29 is 9.21 Å². The second-order valence-electron chi connectivity index (χ2n) is 2.31. The van der Waals surface area contributed by atoms with Crippen LogP contribution in [0.2, 0.25) is 0 Å². The number of hydrogen-bond donors (Lipinski definition) is 0. The van der Waals surface area contributed by atoms with E-state index in [1.165, 1.54) is 12.3 Å². The number of isocyanates is 1. The number of carbonyl (C=O) groups excluding carboxylic acids is 1. The van der Waals surface area contributed by atoms with Crippen LogP contribution in [0.15, 0.2) is 21.8 Å². The molecule has 60 valence electrons. The minimum absolute atomic E-state index is 0.428. The Morgan fingerprint density at radius 2 is 2.58 bits per heavy atom. The maximum atomic E-state index is 9.96. The summed E-state index contributed by atoms with van der Waals surface area (Å²) < 4.78 is 6.74. The number of aryl methyl sites for hydroxylation is 1. The van der Waals surface area contributed by atoms with E-state index in [1.807, 2.05) is 0 Å². The van der Waals surface area contributed by atoms with E-state index in [-0.39, 0.29) is 0 Å². The molecule has 0 saturated carbocycles. The summed E-state index contributed by atoms with van der Waals surface area (Å²) in [5, 5.41) is 0. The summed E-state index contributed by atoms with van der Waals surface area (Å²) in [6, 6.07) is 0. The first-order valence-corrected chi connectivity index (χ1v) is 3.32. The molecule has 0 aliphatic rings. The topological polar surface area (TPSA) is 59.9 Å². The van der Waals surface area contributed by atoms with Gasteiger partial charge in [0.05, 0.1) is 12.4 Å². The van der Waals surface area contributed by atoms with Gasteiger partial charge in [0.2, 0.25) is 6.08 Å². The van der Waals surface area contributed by atoms with Crippen molar-refractivity contribution in [2.24, 2.45) is 4.99 Å². The fraction of sp³-hybridized carbons (Fsp3) is 0.143. The number of fused-ring (bicyclic) bond motifs is 1. The van der Waals surface area contributed by atoms with Crippen LogP contribution in [-0.4, -0.2) is 15.5 Å². The lowest BCUT2D eigenvalue weighted by Gasteiger charge is -1.80. The highest BCUT2D eigenvalue weighted by molar-refractivity contribution is 5.48. The lowest BCUT2D eigenvalue weighted by atomic mass is 10.6. The molecule has 0 aliphatic heterocycles. The summed E-state index contributed by atoms with van der Waals surface area (Å²) in [4.78, 5) is 17.3. The third-order valence-corrected chi connectivity index (χ3v) is 1.47. The fourth-order valence-electron chi connectivity index (χ4n) is 1.01. The maximum absolute atomic E-state index is 9.96. The molecule has 2 heterocycles. The molecule has 0 aromatic carbocycles. The van der Waals surface area contributed by atoms with Crippen LogP contribution in [-0.2, 0) is 4.79 Å². The minimum Gasteiger partial charge on any atom is -0.428 e. The molecule has 0 radical (unpaired) electrons. The van der Waals surface area contributed by atoms with Gasteiger partial charge >= 0.3 is 5.84 Å². The van der Waals surface area contributed by atoms with Gasteiger partial charge in [0.1, 0.15) is 5.76 Å². The zero-order chi connectivity index (χ0) is 8.55. The molecule has 2 aromatic rings. The van der Waals surface area contributed by atoms with Gasteiger partial charge in [0, 0.05) is 0 Å². The van der Waals surface area contributed by atoms with E-state index in [9.17, 15) is 4.79 Å². The molecular formula is C7H5N3O2. The molecule has 2 rings (SSSR count). The maximum Gasteiger partial charge on any atom is 0.307 e. The van der Waals surface area contributed by atoms with Gasteiger partial charge in [-0.3, -0.25) is 0 Å². The predicted molar refractivity (Wildman–Crippen MR) is 40.0 cm³/mol. The predicted octanol–water partition coefficient (Wildman–Crippen LogP) is 1.20. The van der Waals surface area contributed by atoms with Crippen LogP contribution in [0.5, 0.6) is 0 Å². The molecular weight excluding hydrogens is 158 g/mol. The average Bonchev–Trinajstić information content (AvgIpc) is 2.52. The van der Waals surface area contributed by atoms with Gasteiger partial charge in [-0.05, 0) is 6.92 Å². The summed E-state index contributed by atoms with van der Waals surface area (Å²) in [6.45, 7) is 1.79. The molecule has 5 nitrogen and oxygen atoms in total. The fourth-order valence-corrected chi connectivity index (χ4v) is 1.01. The first-order valence-electron chi connectivity index (χ1n) is 3.32. The van der Waals surface area contributed by atoms with E-state index in [4.69, 9.17) is 4.42 Å². The molecule has 5 heteroatoms. The summed E-state index contributed by atoms with van der Waals surface area (Å²) in [5.41, 5.74) is 0. The van der Waals surface area contributed by atoms with Crippen molar-refractivity contribution in [2.45, 2.75) is 6.92 Å². The summed E-state index contributed by atoms with van der Waals surface area (Å²) >= 11 is 0. The number of aliphatic imine (C=N–C) groups is 1. The van der Waals surface area contributed by atoms with Crippen LogP contribution < -0.4 is 0 Å². The van der Waals surface area contributed by atoms with Crippen molar-refractivity contribution in [3.8, 4) is 0 Å². The summed E-state index contributed by atoms with van der Waals surface area (Å²) in [7, 11) is 0. The largest absolute Gasteiger partial charge is 0.428 e. The van der Waals surface area contributed by atoms with Gasteiger partial charge < -0.3 is 4.42 Å². The van der Waals surface area contributed by atoms with Crippen molar-refractivity contribution in [1.82, 2.24) is 9.38 Å². The zero-order valence-electron chi connectivity index (χ0n) is 6.31. The Balaban J connectivity index is 2.75. The van der Waals surface area contributed by atoms with Crippen molar-refractivity contribution in [1.29, 1.82) is 0 Å². The molecule has 0 saturated heterocycles. The van der Waals surface area contributed by atoms with Crippen molar-refractivity contribution >= 4 is 17.7 Å². The van der Waals surface area contributed by atoms with Gasteiger partial charge in [-0.25, -0.2) is 14.2 Å². The van der Waals surface area contributed by atoms with Crippen LogP contribution in [0, 0.1) is 6.92 Å². The Kier molecular flexibility index (Phi) is 1.32. The molecule has 0 bridgehead atoms. The quantitative estimate of drug-likeness (QED) is 0.468. The molecule has 0 spiro atoms. The molecule has 0 N–H and O–H groups in total. The number of nitrogens with zero attached hydrogens (tertiary/aromatic N) is 3. The SMILES string of the molecule is Cc1cn2c(N=C=O)cnc2o1. The number of aromatic nitrogens is 2. The summed E-state index contributed by atoms with van der Waals surface area (Å²) in [6.07, 6.45) is 4.60. The van der Waals surface area contributed by atoms with Crippen LogP contribution in [0.3, 0.4) is 0 Å². The molecule has 2 aromatic heterocycles. The molecule has 0 unspecified atom stereocenters. The van der Waals surface area contributed by atoms with Crippen LogP contribution in [0.25, 0.3) is 5.84 Å². The lowest BCUT2D eigenvalue weighted by molar-refractivity contribution is 0.562. The van der Waals surface area contributed by atoms with Crippen LogP contribution >= 0.6 is 0 Å². The Bertz CT molecular complexity index is 462. The van der Waals surface area contributed by atoms with Crippen molar-refractivity contribution in [3.63, 3.8) is 0 Å². The molecule has 0 aliphatic carbocycles. The van der Waals surface area contributed by atoms with Crippen molar-refractivity contribution in [2.75, 3.05) is 0 Å². The van der Waals surface area contributed by atoms with E-state index in [2.05, 4.69) is 9.98 Å². The Morgan fingerprint density at radius 3 is 3.33 bits per heavy atom. The third kappa shape index (κ3) is 0.844. The van der Waals surface area contributed by atoms with Gasteiger partial charge in [0.25, 0.3) is 0 Å². The minimum atomic E-state index is 0.428. The van der Waals surface area contributed by atoms with Crippen LogP contribution in [0.4, 0.5) is 5.82 Å². The Morgan fingerprint density at radius 1 is 1.75 bits per heavy atom. The molecule has 12 heavy (non-hydrogen) atoms. The number of rotatable bonds is 1. The second-order valence-corrected chi connectivity index (χ2v) is 2.31. The Labute approximate surface area is 67.4 Å². The van der Waals surface area contributed by atoms with Gasteiger partial charge in [-0.2, -0.15) is 0 Å². The number of oxazole rings is 1. The van der Waals surface area contributed by atoms with E-state index < -0.39 is 0 Å². The first-order chi connectivity index (χ1) is 5.81. The third-order valence-electron chi connectivity index (χ3n) is 1.47. The van der Waals surface area contributed by atoms with Gasteiger partial charge in [-0.1, -0.05) is 0 Å². The Hall–Kier alpha value is -1.87. The van der Waals surface area contributed by atoms with Crippen LogP contribution in [0.1, 0.15) is 5.76 Å². The standard InChI is InChI=1S/C7H5N3O2/c1-5-3-10-6(9-4-11)2-8-7(10)12-5/h2-3H,1H3. The van der Waals surface area contributed by atoms with E-state index >= 15 is 0 Å². The highest BCUT2D eigenvalue weighted by Crippen LogP contribution is 2.16. The van der Waals surface area contributed by atoms with Crippen molar-refractivity contribution in [3.05, 3.63) is 18.2 Å². The smallest absolute Gasteiger partial charge is 0.307 e. The zero-order valence-corrected chi connectivity index (χ0v) is 6.31. The van der Waals surface area contributed by atoms with E-state index in [1.54, 1.807) is 17.5 Å². The summed E-state index contributed by atoms with van der Waals surface area (Å²) in [5.74, 6) is 1.58. The second kappa shape index (κ2) is 2.32. The lowest BCUT2D eigenvalue weighted by Crippen LogP contribution is -1.73. The highest BCUT2D eigenvalue weighted by Gasteiger charge is 2.05. The normalized spacial score (nSPS) is 10.1. The number of hydrogen-bond acceptors (Lipinski definition) is 4. The average molecular weight is 163 g/mol. The van der Waals surface area contributed by atoms with E-state index in [0.29, 0.717) is 11.7 Å². The van der Waals surface area contributed by atoms with Gasteiger partial charge in [-0.15, -0.1) is 4.99 Å².